The van der Waals surface area contributed by atoms with E-state index in [1.807, 2.05) is 33.0 Å². The lowest BCUT2D eigenvalue weighted by molar-refractivity contribution is 0.353. The van der Waals surface area contributed by atoms with Crippen molar-refractivity contribution in [2.24, 2.45) is 4.99 Å². The van der Waals surface area contributed by atoms with Gasteiger partial charge in [-0.15, -0.1) is 24.0 Å². The van der Waals surface area contributed by atoms with Gasteiger partial charge in [-0.25, -0.2) is 0 Å². The minimum atomic E-state index is 0. The zero-order chi connectivity index (χ0) is 21.4. The number of benzene rings is 1. The Morgan fingerprint density at radius 2 is 1.90 bits per heavy atom. The second-order valence-corrected chi connectivity index (χ2v) is 7.18. The second-order valence-electron chi connectivity index (χ2n) is 7.18. The van der Waals surface area contributed by atoms with Crippen LogP contribution in [0.4, 0.5) is 0 Å². The maximum atomic E-state index is 5.44. The van der Waals surface area contributed by atoms with Gasteiger partial charge in [0.15, 0.2) is 23.3 Å². The minimum Gasteiger partial charge on any atom is -0.493 e. The van der Waals surface area contributed by atoms with Crippen LogP contribution >= 0.6 is 24.0 Å². The molecule has 1 N–H and O–H groups in total. The first-order chi connectivity index (χ1) is 13.9. The molecule has 0 radical (unpaired) electrons. The molecule has 0 saturated carbocycles. The molecule has 1 aromatic carbocycles. The van der Waals surface area contributed by atoms with Crippen molar-refractivity contribution in [3.05, 3.63) is 35.0 Å². The third-order valence-electron chi connectivity index (χ3n) is 4.53. The lowest BCUT2D eigenvalue weighted by Gasteiger charge is -2.23. The number of hydrogen-bond donors (Lipinski definition) is 1. The number of hydrogen-bond acceptors (Lipinski definition) is 6. The van der Waals surface area contributed by atoms with E-state index in [9.17, 15) is 0 Å². The molecule has 0 amide bonds. The molecule has 2 rings (SSSR count). The van der Waals surface area contributed by atoms with E-state index in [-0.39, 0.29) is 29.9 Å². The monoisotopic (exact) mass is 531 g/mol. The third-order valence-corrected chi connectivity index (χ3v) is 4.53. The quantitative estimate of drug-likeness (QED) is 0.300. The van der Waals surface area contributed by atoms with Crippen molar-refractivity contribution >= 4 is 29.9 Å². The van der Waals surface area contributed by atoms with Gasteiger partial charge in [-0.3, -0.25) is 4.99 Å². The fraction of sp³-hybridized carbons (Fsp3) is 0.571. The number of methoxy groups -OCH3 is 2. The maximum Gasteiger partial charge on any atom is 0.228 e. The Labute approximate surface area is 196 Å². The van der Waals surface area contributed by atoms with Crippen molar-refractivity contribution in [3.63, 3.8) is 0 Å². The van der Waals surface area contributed by atoms with E-state index in [1.165, 1.54) is 0 Å². The first-order valence-electron chi connectivity index (χ1n) is 9.92. The van der Waals surface area contributed by atoms with Gasteiger partial charge in [0.25, 0.3) is 0 Å². The average molecular weight is 531 g/mol. The fourth-order valence-electron chi connectivity index (χ4n) is 2.85. The van der Waals surface area contributed by atoms with Gasteiger partial charge < -0.3 is 24.2 Å². The zero-order valence-corrected chi connectivity index (χ0v) is 21.3. The summed E-state index contributed by atoms with van der Waals surface area (Å²) < 4.78 is 16.1. The largest absolute Gasteiger partial charge is 0.493 e. The summed E-state index contributed by atoms with van der Waals surface area (Å²) in [6, 6.07) is 4.01. The van der Waals surface area contributed by atoms with Crippen LogP contribution in [0, 0.1) is 6.92 Å². The summed E-state index contributed by atoms with van der Waals surface area (Å²) in [5.74, 6) is 3.89. The van der Waals surface area contributed by atoms with Gasteiger partial charge in [-0.1, -0.05) is 19.0 Å². The van der Waals surface area contributed by atoms with Crippen LogP contribution < -0.4 is 14.8 Å². The molecule has 0 spiro atoms. The molecule has 0 unspecified atom stereocenters. The highest BCUT2D eigenvalue weighted by molar-refractivity contribution is 14.0. The van der Waals surface area contributed by atoms with Crippen molar-refractivity contribution in [1.29, 1.82) is 0 Å². The highest BCUT2D eigenvalue weighted by Crippen LogP contribution is 2.30. The standard InChI is InChI=1S/C21H33N5O3.HI/c1-8-22-21(23-10-9-19-24-20(14(2)3)25-29-19)26(5)13-16-12-18(28-7)17(27-6)11-15(16)4;/h11-12,14H,8-10,13H2,1-7H3,(H,22,23);1H. The molecule has 30 heavy (non-hydrogen) atoms. The molecule has 0 fully saturated rings. The highest BCUT2D eigenvalue weighted by Gasteiger charge is 2.13. The number of rotatable bonds is 9. The number of aryl methyl sites for hydroxylation is 1. The van der Waals surface area contributed by atoms with Crippen LogP contribution in [-0.2, 0) is 13.0 Å². The molecule has 0 aliphatic heterocycles. The van der Waals surface area contributed by atoms with Crippen LogP contribution in [-0.4, -0.2) is 55.4 Å². The number of halogens is 1. The van der Waals surface area contributed by atoms with Gasteiger partial charge in [0, 0.05) is 32.5 Å². The van der Waals surface area contributed by atoms with Crippen LogP contribution in [0.5, 0.6) is 11.5 Å². The van der Waals surface area contributed by atoms with E-state index in [0.29, 0.717) is 25.4 Å². The highest BCUT2D eigenvalue weighted by atomic mass is 127. The third kappa shape index (κ3) is 7.03. The van der Waals surface area contributed by atoms with Crippen LogP contribution in [0.3, 0.4) is 0 Å². The smallest absolute Gasteiger partial charge is 0.228 e. The number of nitrogens with zero attached hydrogens (tertiary/aromatic N) is 4. The maximum absolute atomic E-state index is 5.44. The fourth-order valence-corrected chi connectivity index (χ4v) is 2.85. The van der Waals surface area contributed by atoms with Crippen molar-refractivity contribution in [2.45, 2.75) is 46.6 Å². The topological polar surface area (TPSA) is 85.0 Å². The number of aliphatic imine (C=N–C) groups is 1. The van der Waals surface area contributed by atoms with Crippen LogP contribution in [0.2, 0.25) is 0 Å². The first-order valence-corrected chi connectivity index (χ1v) is 9.92. The van der Waals surface area contributed by atoms with Crippen LogP contribution in [0.1, 0.15) is 49.5 Å². The van der Waals surface area contributed by atoms with E-state index in [1.54, 1.807) is 14.2 Å². The number of ether oxygens (including phenoxy) is 2. The predicted molar refractivity (Wildman–Crippen MR) is 129 cm³/mol. The average Bonchev–Trinajstić information content (AvgIpc) is 3.17. The molecule has 1 aromatic heterocycles. The van der Waals surface area contributed by atoms with E-state index < -0.39 is 0 Å². The summed E-state index contributed by atoms with van der Waals surface area (Å²) in [7, 11) is 5.31. The molecule has 0 saturated heterocycles. The first kappa shape index (κ1) is 26.0. The van der Waals surface area contributed by atoms with Crippen molar-refractivity contribution in [2.75, 3.05) is 34.4 Å². The lowest BCUT2D eigenvalue weighted by atomic mass is 10.1. The van der Waals surface area contributed by atoms with Gasteiger partial charge >= 0.3 is 0 Å². The zero-order valence-electron chi connectivity index (χ0n) is 19.0. The Balaban J connectivity index is 0.00000450. The molecule has 0 aliphatic carbocycles. The molecule has 1 heterocycles. The van der Waals surface area contributed by atoms with Gasteiger partial charge in [-0.2, -0.15) is 4.98 Å². The van der Waals surface area contributed by atoms with E-state index in [0.717, 1.165) is 41.0 Å². The van der Waals surface area contributed by atoms with E-state index >= 15 is 0 Å². The summed E-state index contributed by atoms with van der Waals surface area (Å²) in [4.78, 5) is 11.2. The SMILES string of the molecule is CCNC(=NCCc1nc(C(C)C)no1)N(C)Cc1cc(OC)c(OC)cc1C.I. The van der Waals surface area contributed by atoms with Crippen LogP contribution in [0.25, 0.3) is 0 Å². The van der Waals surface area contributed by atoms with Crippen LogP contribution in [0.15, 0.2) is 21.6 Å². The summed E-state index contributed by atoms with van der Waals surface area (Å²) in [6.45, 7) is 10.2. The van der Waals surface area contributed by atoms with Crippen molar-refractivity contribution in [1.82, 2.24) is 20.4 Å². The molecule has 0 aliphatic rings. The molecule has 9 heteroatoms. The Morgan fingerprint density at radius 3 is 2.47 bits per heavy atom. The second kappa shape index (κ2) is 12.6. The minimum absolute atomic E-state index is 0. The van der Waals surface area contributed by atoms with Gasteiger partial charge in [0.05, 0.1) is 20.8 Å². The molecule has 8 nitrogen and oxygen atoms in total. The van der Waals surface area contributed by atoms with Crippen molar-refractivity contribution in [3.8, 4) is 11.5 Å². The van der Waals surface area contributed by atoms with Gasteiger partial charge in [-0.05, 0) is 37.1 Å². The van der Waals surface area contributed by atoms with Gasteiger partial charge in [0.1, 0.15) is 0 Å². The summed E-state index contributed by atoms with van der Waals surface area (Å²) >= 11 is 0. The molecule has 168 valence electrons. The summed E-state index contributed by atoms with van der Waals surface area (Å²) in [5, 5.41) is 7.33. The van der Waals surface area contributed by atoms with Crippen molar-refractivity contribution < 1.29 is 14.0 Å². The summed E-state index contributed by atoms with van der Waals surface area (Å²) in [5.41, 5.74) is 2.28. The Hall–Kier alpha value is -2.04. The number of nitrogens with one attached hydrogen (secondary N) is 1. The molecular formula is C21H34IN5O3. The predicted octanol–water partition coefficient (Wildman–Crippen LogP) is 3.78. The lowest BCUT2D eigenvalue weighted by Crippen LogP contribution is -2.38. The molecule has 0 atom stereocenters. The molecular weight excluding hydrogens is 497 g/mol. The molecule has 2 aromatic rings. The Bertz CT molecular complexity index is 823. The van der Waals surface area contributed by atoms with E-state index in [4.69, 9.17) is 19.0 Å². The Morgan fingerprint density at radius 1 is 1.23 bits per heavy atom. The van der Waals surface area contributed by atoms with E-state index in [2.05, 4.69) is 34.2 Å². The normalized spacial score (nSPS) is 11.3. The number of aromatic nitrogens is 2. The van der Waals surface area contributed by atoms with Gasteiger partial charge in [0.2, 0.25) is 5.89 Å². The summed E-state index contributed by atoms with van der Waals surface area (Å²) in [6.07, 6.45) is 0.609. The number of guanidine groups is 1. The Kier molecular flexibility index (Phi) is 10.9. The molecule has 0 bridgehead atoms.